The Bertz CT molecular complexity index is 1140. The van der Waals surface area contributed by atoms with Crippen molar-refractivity contribution in [2.24, 2.45) is 5.73 Å². The van der Waals surface area contributed by atoms with Crippen LogP contribution in [0.2, 0.25) is 0 Å². The second-order valence-electron chi connectivity index (χ2n) is 7.56. The van der Waals surface area contributed by atoms with Crippen LogP contribution < -0.4 is 10.5 Å². The highest BCUT2D eigenvalue weighted by molar-refractivity contribution is 7.09. The highest BCUT2D eigenvalue weighted by Gasteiger charge is 2.37. The standard InChI is InChI=1S/C22H25N3O5S/c1-12-17(31-11-24-12)10-29-15-4-5-16-20(18(21(23)26)13(2)30-16)19(15)14-6-7-25(22(14)27)8-9-28-3/h4-5,11,14H,6-10H2,1-3H3,(H2,23,26). The Morgan fingerprint density at radius 1 is 1.39 bits per heavy atom. The van der Waals surface area contributed by atoms with Crippen molar-refractivity contribution in [2.45, 2.75) is 32.8 Å². The number of carbonyl (C=O) groups excluding carboxylic acids is 2. The quantitative estimate of drug-likeness (QED) is 0.573. The van der Waals surface area contributed by atoms with Crippen molar-refractivity contribution >= 4 is 34.1 Å². The summed E-state index contributed by atoms with van der Waals surface area (Å²) < 4.78 is 17.1. The maximum Gasteiger partial charge on any atom is 0.252 e. The number of benzene rings is 1. The molecule has 3 aromatic rings. The molecule has 0 aliphatic carbocycles. The third-order valence-corrected chi connectivity index (χ3v) is 6.60. The zero-order chi connectivity index (χ0) is 22.1. The first kappa shape index (κ1) is 21.3. The first-order valence-electron chi connectivity index (χ1n) is 10.1. The van der Waals surface area contributed by atoms with Crippen LogP contribution in [0.25, 0.3) is 11.0 Å². The van der Waals surface area contributed by atoms with E-state index in [0.29, 0.717) is 66.3 Å². The number of carbonyl (C=O) groups is 2. The van der Waals surface area contributed by atoms with E-state index >= 15 is 0 Å². The molecule has 1 saturated heterocycles. The molecular weight excluding hydrogens is 418 g/mol. The molecule has 1 aliphatic heterocycles. The molecule has 0 saturated carbocycles. The Morgan fingerprint density at radius 3 is 2.87 bits per heavy atom. The van der Waals surface area contributed by atoms with E-state index in [4.69, 9.17) is 19.6 Å². The van der Waals surface area contributed by atoms with E-state index in [9.17, 15) is 9.59 Å². The molecule has 1 atom stereocenters. The number of furan rings is 1. The second-order valence-corrected chi connectivity index (χ2v) is 8.50. The number of rotatable bonds is 8. The largest absolute Gasteiger partial charge is 0.488 e. The molecular formula is C22H25N3O5S. The van der Waals surface area contributed by atoms with Crippen molar-refractivity contribution in [3.8, 4) is 5.75 Å². The molecule has 2 N–H and O–H groups in total. The predicted molar refractivity (Wildman–Crippen MR) is 116 cm³/mol. The van der Waals surface area contributed by atoms with Crippen LogP contribution in [0.1, 0.15) is 44.6 Å². The summed E-state index contributed by atoms with van der Waals surface area (Å²) in [5.74, 6) is -0.0723. The number of aryl methyl sites for hydroxylation is 2. The monoisotopic (exact) mass is 443 g/mol. The van der Waals surface area contributed by atoms with Gasteiger partial charge in [-0.2, -0.15) is 0 Å². The summed E-state index contributed by atoms with van der Waals surface area (Å²) in [5.41, 5.74) is 9.85. The number of nitrogens with zero attached hydrogens (tertiary/aromatic N) is 2. The van der Waals surface area contributed by atoms with Crippen LogP contribution in [-0.2, 0) is 16.1 Å². The number of primary amides is 1. The predicted octanol–water partition coefficient (Wildman–Crippen LogP) is 3.15. The fourth-order valence-electron chi connectivity index (χ4n) is 4.12. The number of fused-ring (bicyclic) bond motifs is 1. The van der Waals surface area contributed by atoms with Crippen LogP contribution in [0.3, 0.4) is 0 Å². The lowest BCUT2D eigenvalue weighted by molar-refractivity contribution is -0.129. The van der Waals surface area contributed by atoms with Crippen molar-refractivity contribution in [2.75, 3.05) is 26.8 Å². The van der Waals surface area contributed by atoms with Gasteiger partial charge in [0.1, 0.15) is 23.7 Å². The topological polar surface area (TPSA) is 108 Å². The van der Waals surface area contributed by atoms with E-state index in [1.54, 1.807) is 36.6 Å². The lowest BCUT2D eigenvalue weighted by Crippen LogP contribution is -2.30. The van der Waals surface area contributed by atoms with Gasteiger partial charge in [0, 0.05) is 31.1 Å². The average Bonchev–Trinajstić information content (AvgIpc) is 3.41. The van der Waals surface area contributed by atoms with E-state index in [2.05, 4.69) is 4.98 Å². The Balaban J connectivity index is 1.80. The Hall–Kier alpha value is -2.91. The lowest BCUT2D eigenvalue weighted by atomic mass is 9.91. The zero-order valence-electron chi connectivity index (χ0n) is 17.8. The summed E-state index contributed by atoms with van der Waals surface area (Å²) in [6.07, 6.45) is 0.611. The van der Waals surface area contributed by atoms with Crippen LogP contribution in [0, 0.1) is 13.8 Å². The van der Waals surface area contributed by atoms with Gasteiger partial charge < -0.3 is 24.5 Å². The van der Waals surface area contributed by atoms with Gasteiger partial charge >= 0.3 is 0 Å². The Morgan fingerprint density at radius 2 is 2.19 bits per heavy atom. The molecule has 2 amide bonds. The van der Waals surface area contributed by atoms with Crippen molar-refractivity contribution in [3.05, 3.63) is 45.1 Å². The molecule has 1 aromatic carbocycles. The van der Waals surface area contributed by atoms with Gasteiger partial charge in [-0.3, -0.25) is 9.59 Å². The molecule has 1 unspecified atom stereocenters. The smallest absolute Gasteiger partial charge is 0.252 e. The van der Waals surface area contributed by atoms with Gasteiger partial charge in [0.25, 0.3) is 5.91 Å². The second kappa shape index (κ2) is 8.68. The Labute approximate surface area is 183 Å². The van der Waals surface area contributed by atoms with Crippen LogP contribution in [0.15, 0.2) is 22.1 Å². The minimum Gasteiger partial charge on any atom is -0.488 e. The van der Waals surface area contributed by atoms with Crippen molar-refractivity contribution < 1.29 is 23.5 Å². The van der Waals surface area contributed by atoms with Crippen molar-refractivity contribution in [1.82, 2.24) is 9.88 Å². The van der Waals surface area contributed by atoms with Crippen LogP contribution in [0.4, 0.5) is 0 Å². The summed E-state index contributed by atoms with van der Waals surface area (Å²) in [7, 11) is 1.61. The SMILES string of the molecule is COCCN1CCC(c2c(OCc3scnc3C)ccc3oc(C)c(C(N)=O)c23)C1=O. The number of hydrogen-bond acceptors (Lipinski definition) is 7. The van der Waals surface area contributed by atoms with E-state index < -0.39 is 11.8 Å². The fraction of sp³-hybridized carbons (Fsp3) is 0.409. The molecule has 1 fully saturated rings. The molecule has 1 aliphatic rings. The van der Waals surface area contributed by atoms with Gasteiger partial charge in [0.2, 0.25) is 5.91 Å². The summed E-state index contributed by atoms with van der Waals surface area (Å²) in [4.78, 5) is 32.5. The first-order chi connectivity index (χ1) is 14.9. The number of likely N-dealkylation sites (tertiary alicyclic amines) is 1. The molecule has 0 radical (unpaired) electrons. The number of hydrogen-bond donors (Lipinski definition) is 1. The van der Waals surface area contributed by atoms with Crippen molar-refractivity contribution in [3.63, 3.8) is 0 Å². The molecule has 0 bridgehead atoms. The van der Waals surface area contributed by atoms with E-state index in [-0.39, 0.29) is 5.91 Å². The summed E-state index contributed by atoms with van der Waals surface area (Å²) in [6, 6.07) is 3.56. The molecule has 8 nitrogen and oxygen atoms in total. The third kappa shape index (κ3) is 3.90. The van der Waals surface area contributed by atoms with Gasteiger partial charge in [-0.25, -0.2) is 4.98 Å². The number of thiazole rings is 1. The van der Waals surface area contributed by atoms with E-state index in [1.165, 1.54) is 11.3 Å². The van der Waals surface area contributed by atoms with Crippen LogP contribution in [0.5, 0.6) is 5.75 Å². The normalized spacial score (nSPS) is 16.4. The van der Waals surface area contributed by atoms with Crippen LogP contribution >= 0.6 is 11.3 Å². The van der Waals surface area contributed by atoms with E-state index in [1.807, 2.05) is 6.92 Å². The Kier molecular flexibility index (Phi) is 5.97. The molecule has 9 heteroatoms. The lowest BCUT2D eigenvalue weighted by Gasteiger charge is -2.19. The van der Waals surface area contributed by atoms with E-state index in [0.717, 1.165) is 10.6 Å². The highest BCUT2D eigenvalue weighted by atomic mass is 32.1. The zero-order valence-corrected chi connectivity index (χ0v) is 18.6. The highest BCUT2D eigenvalue weighted by Crippen LogP contribution is 2.43. The summed E-state index contributed by atoms with van der Waals surface area (Å²) in [6.45, 7) is 5.55. The molecule has 4 rings (SSSR count). The molecule has 2 aromatic heterocycles. The minimum absolute atomic E-state index is 0.0161. The molecule has 3 heterocycles. The fourth-order valence-corrected chi connectivity index (χ4v) is 4.81. The van der Waals surface area contributed by atoms with Gasteiger partial charge in [-0.1, -0.05) is 0 Å². The van der Waals surface area contributed by atoms with Crippen molar-refractivity contribution in [1.29, 1.82) is 0 Å². The third-order valence-electron chi connectivity index (χ3n) is 5.69. The van der Waals surface area contributed by atoms with Gasteiger partial charge in [-0.05, 0) is 32.4 Å². The maximum atomic E-state index is 13.2. The maximum absolute atomic E-state index is 13.2. The first-order valence-corrected chi connectivity index (χ1v) is 11.0. The summed E-state index contributed by atoms with van der Waals surface area (Å²) in [5, 5.41) is 0.565. The number of ether oxygens (including phenoxy) is 2. The van der Waals surface area contributed by atoms with Gasteiger partial charge in [0.15, 0.2) is 0 Å². The van der Waals surface area contributed by atoms with Crippen LogP contribution in [-0.4, -0.2) is 48.5 Å². The summed E-state index contributed by atoms with van der Waals surface area (Å²) >= 11 is 1.51. The number of aromatic nitrogens is 1. The molecule has 31 heavy (non-hydrogen) atoms. The number of nitrogens with two attached hydrogens (primary N) is 1. The minimum atomic E-state index is -0.588. The molecule has 164 valence electrons. The number of amides is 2. The average molecular weight is 444 g/mol. The van der Waals surface area contributed by atoms with Gasteiger partial charge in [-0.15, -0.1) is 11.3 Å². The van der Waals surface area contributed by atoms with Gasteiger partial charge in [0.05, 0.1) is 34.2 Å². The number of methoxy groups -OCH3 is 1. The molecule has 0 spiro atoms.